The van der Waals surface area contributed by atoms with Gasteiger partial charge in [0.25, 0.3) is 0 Å². The van der Waals surface area contributed by atoms with Crippen LogP contribution in [-0.4, -0.2) is 40.6 Å². The maximum Gasteiger partial charge on any atom is 0.308 e. The van der Waals surface area contributed by atoms with Crippen molar-refractivity contribution in [2.75, 3.05) is 13.1 Å². The van der Waals surface area contributed by atoms with E-state index < -0.39 is 5.97 Å². The molecule has 0 aromatic heterocycles. The van der Waals surface area contributed by atoms with Crippen molar-refractivity contribution < 1.29 is 9.90 Å². The Labute approximate surface area is 109 Å². The smallest absolute Gasteiger partial charge is 0.308 e. The van der Waals surface area contributed by atoms with Gasteiger partial charge in [-0.15, -0.1) is 0 Å². The fourth-order valence-corrected chi connectivity index (χ4v) is 4.49. The molecule has 1 saturated heterocycles. The Morgan fingerprint density at radius 1 is 1.22 bits per heavy atom. The molecule has 0 amide bonds. The molecule has 3 unspecified atom stereocenters. The fraction of sp³-hybridized carbons (Fsp3) is 0.857. The first kappa shape index (κ1) is 12.4. The Morgan fingerprint density at radius 3 is 2.50 bits per heavy atom. The summed E-state index contributed by atoms with van der Waals surface area (Å²) in [5.41, 5.74) is -0.117. The number of hydrogen-bond donors (Lipinski definition) is 2. The van der Waals surface area contributed by atoms with Gasteiger partial charge in [-0.1, -0.05) is 0 Å². The zero-order chi connectivity index (χ0) is 12.8. The highest BCUT2D eigenvalue weighted by atomic mass is 16.4. The minimum absolute atomic E-state index is 0.117. The van der Waals surface area contributed by atoms with E-state index in [1.807, 2.05) is 0 Å². The Balaban J connectivity index is 1.81. The van der Waals surface area contributed by atoms with Gasteiger partial charge in [0.15, 0.2) is 0 Å². The molecule has 3 rings (SSSR count). The number of rotatable bonds is 3. The second kappa shape index (κ2) is 4.49. The number of carboxylic acid groups (broad SMARTS) is 1. The number of nitrogens with zero attached hydrogens (tertiary/aromatic N) is 1. The van der Waals surface area contributed by atoms with Crippen LogP contribution in [0.1, 0.15) is 38.5 Å². The highest BCUT2D eigenvalue weighted by Gasteiger charge is 2.61. The van der Waals surface area contributed by atoms with E-state index in [1.54, 1.807) is 0 Å². The summed E-state index contributed by atoms with van der Waals surface area (Å²) in [5.74, 6) is -0.227. The summed E-state index contributed by atoms with van der Waals surface area (Å²) in [6.07, 6.45) is 6.35. The van der Waals surface area contributed by atoms with Gasteiger partial charge < -0.3 is 10.4 Å². The number of carboxylic acids is 1. The van der Waals surface area contributed by atoms with E-state index in [1.165, 1.54) is 6.42 Å². The molecule has 3 fully saturated rings. The normalized spacial score (nSPS) is 40.6. The third kappa shape index (κ3) is 1.62. The number of hydrogen-bond acceptors (Lipinski definition) is 3. The van der Waals surface area contributed by atoms with Crippen LogP contribution in [0.25, 0.3) is 0 Å². The largest absolute Gasteiger partial charge is 0.481 e. The second-order valence-electron chi connectivity index (χ2n) is 6.15. The zero-order valence-corrected chi connectivity index (χ0v) is 10.9. The molecule has 2 saturated carbocycles. The third-order valence-corrected chi connectivity index (χ3v) is 5.59. The predicted octanol–water partition coefficient (Wildman–Crippen LogP) is 1.48. The molecular weight excluding hydrogens is 228 g/mol. The van der Waals surface area contributed by atoms with Crippen LogP contribution in [0.5, 0.6) is 0 Å². The quantitative estimate of drug-likeness (QED) is 0.797. The molecule has 3 aliphatic rings. The number of nitrogens with one attached hydrogen (secondary N) is 1. The van der Waals surface area contributed by atoms with Crippen LogP contribution in [-0.2, 0) is 4.79 Å². The molecule has 1 radical (unpaired) electrons. The average molecular weight is 251 g/mol. The summed E-state index contributed by atoms with van der Waals surface area (Å²) in [7, 11) is 4.29. The van der Waals surface area contributed by atoms with Crippen LogP contribution in [0.15, 0.2) is 0 Å². The van der Waals surface area contributed by atoms with Crippen molar-refractivity contribution in [1.82, 2.24) is 10.2 Å². The Bertz CT molecular complexity index is 341. The van der Waals surface area contributed by atoms with Gasteiger partial charge in [0, 0.05) is 18.6 Å². The molecule has 4 heteroatoms. The molecule has 1 heterocycles. The molecule has 2 aliphatic carbocycles. The Kier molecular flexibility index (Phi) is 3.10. The number of piperidine rings is 1. The molecule has 18 heavy (non-hydrogen) atoms. The van der Waals surface area contributed by atoms with E-state index in [2.05, 4.69) is 17.3 Å². The van der Waals surface area contributed by atoms with Crippen LogP contribution < -0.4 is 5.32 Å². The van der Waals surface area contributed by atoms with Crippen LogP contribution in [0.3, 0.4) is 0 Å². The van der Waals surface area contributed by atoms with Gasteiger partial charge in [-0.05, 0) is 57.5 Å². The average Bonchev–Trinajstić information content (AvgIpc) is 2.62. The molecule has 0 spiro atoms. The van der Waals surface area contributed by atoms with Gasteiger partial charge in [-0.25, -0.2) is 0 Å². The molecule has 0 bridgehead atoms. The Morgan fingerprint density at radius 2 is 1.94 bits per heavy atom. The minimum Gasteiger partial charge on any atom is -0.481 e. The lowest BCUT2D eigenvalue weighted by Crippen LogP contribution is -2.64. The highest BCUT2D eigenvalue weighted by molar-refractivity contribution is 5.73. The van der Waals surface area contributed by atoms with Gasteiger partial charge in [0.2, 0.25) is 0 Å². The van der Waals surface area contributed by atoms with E-state index in [9.17, 15) is 9.90 Å². The van der Waals surface area contributed by atoms with Crippen LogP contribution in [0.4, 0.5) is 0 Å². The first-order valence-corrected chi connectivity index (χ1v) is 7.19. The molecule has 0 aromatic rings. The molecular formula is C14H23N2O2. The van der Waals surface area contributed by atoms with Gasteiger partial charge in [0.1, 0.15) is 0 Å². The first-order chi connectivity index (χ1) is 8.66. The lowest BCUT2D eigenvalue weighted by molar-refractivity contribution is -0.152. The number of aliphatic carboxylic acids is 1. The summed E-state index contributed by atoms with van der Waals surface area (Å²) >= 11 is 0. The lowest BCUT2D eigenvalue weighted by atomic mass is 9.63. The summed E-state index contributed by atoms with van der Waals surface area (Å²) in [5, 5.41) is 12.8. The van der Waals surface area contributed by atoms with Crippen molar-refractivity contribution in [3.63, 3.8) is 0 Å². The van der Waals surface area contributed by atoms with E-state index in [0.717, 1.165) is 45.2 Å². The van der Waals surface area contributed by atoms with E-state index >= 15 is 0 Å². The highest BCUT2D eigenvalue weighted by Crippen LogP contribution is 2.58. The number of fused-ring (bicyclic) bond motifs is 1. The summed E-state index contributed by atoms with van der Waals surface area (Å²) in [4.78, 5) is 13.7. The van der Waals surface area contributed by atoms with Gasteiger partial charge in [-0.3, -0.25) is 9.69 Å². The lowest BCUT2D eigenvalue weighted by Gasteiger charge is -2.56. The first-order valence-electron chi connectivity index (χ1n) is 7.19. The maximum atomic E-state index is 11.5. The molecule has 3 atom stereocenters. The second-order valence-corrected chi connectivity index (χ2v) is 6.15. The summed E-state index contributed by atoms with van der Waals surface area (Å²) < 4.78 is 0. The monoisotopic (exact) mass is 251 g/mol. The molecule has 0 aromatic carbocycles. The Hall–Kier alpha value is -0.610. The maximum absolute atomic E-state index is 11.5. The van der Waals surface area contributed by atoms with Crippen LogP contribution >= 0.6 is 0 Å². The topological polar surface area (TPSA) is 52.6 Å². The minimum atomic E-state index is -0.611. The summed E-state index contributed by atoms with van der Waals surface area (Å²) in [6.45, 7) is 2.07. The fourth-order valence-electron chi connectivity index (χ4n) is 4.49. The SMILES string of the molecule is [CH2]N(C1CCNCC1)C12CCC1CCC2C(=O)O. The van der Waals surface area contributed by atoms with Gasteiger partial charge >= 0.3 is 5.97 Å². The van der Waals surface area contributed by atoms with E-state index in [0.29, 0.717) is 12.0 Å². The van der Waals surface area contributed by atoms with Crippen molar-refractivity contribution >= 4 is 5.97 Å². The van der Waals surface area contributed by atoms with Crippen LogP contribution in [0.2, 0.25) is 0 Å². The van der Waals surface area contributed by atoms with Crippen LogP contribution in [0, 0.1) is 18.9 Å². The van der Waals surface area contributed by atoms with Crippen molar-refractivity contribution in [2.45, 2.75) is 50.1 Å². The van der Waals surface area contributed by atoms with Gasteiger partial charge in [0.05, 0.1) is 5.92 Å². The van der Waals surface area contributed by atoms with E-state index in [-0.39, 0.29) is 11.5 Å². The third-order valence-electron chi connectivity index (χ3n) is 5.59. The molecule has 101 valence electrons. The van der Waals surface area contributed by atoms with Gasteiger partial charge in [-0.2, -0.15) is 0 Å². The predicted molar refractivity (Wildman–Crippen MR) is 68.9 cm³/mol. The summed E-state index contributed by atoms with van der Waals surface area (Å²) in [6, 6.07) is 0.467. The molecule has 1 aliphatic heterocycles. The molecule has 4 nitrogen and oxygen atoms in total. The van der Waals surface area contributed by atoms with Crippen molar-refractivity contribution in [3.05, 3.63) is 7.05 Å². The van der Waals surface area contributed by atoms with Crippen molar-refractivity contribution in [2.24, 2.45) is 11.8 Å². The van der Waals surface area contributed by atoms with E-state index in [4.69, 9.17) is 0 Å². The van der Waals surface area contributed by atoms with Crippen molar-refractivity contribution in [3.8, 4) is 0 Å². The number of carbonyl (C=O) groups is 1. The zero-order valence-electron chi connectivity index (χ0n) is 10.9. The van der Waals surface area contributed by atoms with Crippen molar-refractivity contribution in [1.29, 1.82) is 0 Å². The molecule has 2 N–H and O–H groups in total. The standard InChI is InChI=1S/C14H23N2O2/c1-16(11-5-8-15-9-6-11)14-7-4-10(14)2-3-12(14)13(17)18/h10-12,15H,1-9H2,(H,17,18).